The largest absolute Gasteiger partial charge is 0.455 e. The number of fused-ring (bicyclic) bond motifs is 20. The highest BCUT2D eigenvalue weighted by atomic mass is 16.3. The summed E-state index contributed by atoms with van der Waals surface area (Å²) in [4.78, 5) is 0. The standard InChI is InChI=1S/C54H28N2O2/c1-3-15-29(16-4-1)43-45-37-27-35-31-19-9-13-25-41(31)57-53(35)47-34-22-8-12-24-40(34)56(49(37)47)52(45)44(30-17-5-2-6-18-30)46-38-28-36-32-20-10-14-26-42(32)58-54(36)48-33-21-7-11-23-39(33)55(50(38)48)51(43)46/h1-28H. The van der Waals surface area contributed by atoms with Crippen molar-refractivity contribution in [3.05, 3.63) is 170 Å². The third-order valence-electron chi connectivity index (χ3n) is 13.1. The molecule has 6 heterocycles. The van der Waals surface area contributed by atoms with Crippen LogP contribution in [0, 0.1) is 0 Å². The van der Waals surface area contributed by atoms with Gasteiger partial charge in [0, 0.05) is 65.0 Å². The van der Waals surface area contributed by atoms with Gasteiger partial charge in [-0.3, -0.25) is 0 Å². The Labute approximate surface area is 328 Å². The lowest BCUT2D eigenvalue weighted by atomic mass is 9.89. The third kappa shape index (κ3) is 3.30. The molecule has 0 bridgehead atoms. The van der Waals surface area contributed by atoms with Gasteiger partial charge in [0.2, 0.25) is 0 Å². The van der Waals surface area contributed by atoms with Crippen LogP contribution in [0.2, 0.25) is 0 Å². The second-order valence-corrected chi connectivity index (χ2v) is 15.9. The van der Waals surface area contributed by atoms with Gasteiger partial charge >= 0.3 is 0 Å². The summed E-state index contributed by atoms with van der Waals surface area (Å²) in [5.41, 5.74) is 15.7. The normalized spacial score (nSPS) is 12.8. The Morgan fingerprint density at radius 2 is 0.672 bits per heavy atom. The number of rotatable bonds is 2. The average Bonchev–Trinajstić information content (AvgIpc) is 4.12. The fourth-order valence-electron chi connectivity index (χ4n) is 11.0. The smallest absolute Gasteiger partial charge is 0.145 e. The highest BCUT2D eigenvalue weighted by Gasteiger charge is 2.33. The first-order valence-corrected chi connectivity index (χ1v) is 19.9. The van der Waals surface area contributed by atoms with Crippen LogP contribution >= 0.6 is 0 Å². The first kappa shape index (κ1) is 29.5. The molecule has 0 aliphatic rings. The van der Waals surface area contributed by atoms with Gasteiger partial charge in [-0.25, -0.2) is 0 Å². The molecule has 0 radical (unpaired) electrons. The molecule has 6 aromatic heterocycles. The number of furan rings is 2. The summed E-state index contributed by atoms with van der Waals surface area (Å²) in [6, 6.07) is 61.7. The second kappa shape index (κ2) is 10.1. The molecule has 15 rings (SSSR count). The molecule has 0 N–H and O–H groups in total. The molecule has 266 valence electrons. The monoisotopic (exact) mass is 736 g/mol. The summed E-state index contributed by atoms with van der Waals surface area (Å²) in [6.07, 6.45) is 0. The van der Waals surface area contributed by atoms with Crippen LogP contribution in [0.1, 0.15) is 0 Å². The van der Waals surface area contributed by atoms with Crippen molar-refractivity contribution in [2.45, 2.75) is 0 Å². The fraction of sp³-hybridized carbons (Fsp3) is 0. The summed E-state index contributed by atoms with van der Waals surface area (Å²) in [5, 5.41) is 14.2. The molecule has 0 fully saturated rings. The molecule has 0 saturated heterocycles. The minimum Gasteiger partial charge on any atom is -0.455 e. The number of aromatic nitrogens is 2. The maximum Gasteiger partial charge on any atom is 0.145 e. The van der Waals surface area contributed by atoms with Gasteiger partial charge in [-0.15, -0.1) is 0 Å². The highest BCUT2D eigenvalue weighted by molar-refractivity contribution is 6.42. The van der Waals surface area contributed by atoms with Gasteiger partial charge in [0.05, 0.1) is 43.9 Å². The molecule has 15 aromatic rings. The van der Waals surface area contributed by atoms with Crippen LogP contribution in [0.25, 0.3) is 142 Å². The van der Waals surface area contributed by atoms with Gasteiger partial charge in [0.1, 0.15) is 22.3 Å². The van der Waals surface area contributed by atoms with E-state index >= 15 is 0 Å². The fourth-order valence-corrected chi connectivity index (χ4v) is 11.0. The van der Waals surface area contributed by atoms with Crippen molar-refractivity contribution in [1.29, 1.82) is 0 Å². The zero-order valence-electron chi connectivity index (χ0n) is 30.9. The zero-order valence-corrected chi connectivity index (χ0v) is 30.9. The quantitative estimate of drug-likeness (QED) is 0.177. The molecule has 0 atom stereocenters. The van der Waals surface area contributed by atoms with Crippen LogP contribution in [-0.4, -0.2) is 8.80 Å². The van der Waals surface area contributed by atoms with Gasteiger partial charge in [-0.2, -0.15) is 0 Å². The number of hydrogen-bond acceptors (Lipinski definition) is 2. The predicted molar refractivity (Wildman–Crippen MR) is 241 cm³/mol. The number of hydrogen-bond donors (Lipinski definition) is 0. The molecule has 9 aromatic carbocycles. The van der Waals surface area contributed by atoms with Crippen LogP contribution in [0.4, 0.5) is 0 Å². The summed E-state index contributed by atoms with van der Waals surface area (Å²) in [6.45, 7) is 0. The average molecular weight is 737 g/mol. The van der Waals surface area contributed by atoms with Crippen LogP contribution in [0.3, 0.4) is 0 Å². The predicted octanol–water partition coefficient (Wildman–Crippen LogP) is 15.1. The molecule has 0 spiro atoms. The Morgan fingerprint density at radius 3 is 1.12 bits per heavy atom. The van der Waals surface area contributed by atoms with E-state index < -0.39 is 0 Å². The molecule has 58 heavy (non-hydrogen) atoms. The molecule has 0 aliphatic heterocycles. The number of para-hydroxylation sites is 4. The van der Waals surface area contributed by atoms with Crippen LogP contribution in [-0.2, 0) is 0 Å². The number of benzene rings is 9. The first-order chi connectivity index (χ1) is 28.8. The van der Waals surface area contributed by atoms with E-state index in [2.05, 4.69) is 179 Å². The Morgan fingerprint density at radius 1 is 0.293 bits per heavy atom. The lowest BCUT2D eigenvalue weighted by Gasteiger charge is -2.16. The minimum absolute atomic E-state index is 0.907. The third-order valence-corrected chi connectivity index (χ3v) is 13.1. The van der Waals surface area contributed by atoms with Crippen LogP contribution in [0.15, 0.2) is 179 Å². The Balaban J connectivity index is 1.34. The van der Waals surface area contributed by atoms with E-state index in [9.17, 15) is 0 Å². The van der Waals surface area contributed by atoms with E-state index in [0.717, 1.165) is 54.6 Å². The van der Waals surface area contributed by atoms with Crippen LogP contribution < -0.4 is 0 Å². The van der Waals surface area contributed by atoms with Gasteiger partial charge in [0.25, 0.3) is 0 Å². The Hall–Kier alpha value is -7.82. The summed E-state index contributed by atoms with van der Waals surface area (Å²) in [5.74, 6) is 0. The van der Waals surface area contributed by atoms with E-state index in [0.29, 0.717) is 0 Å². The van der Waals surface area contributed by atoms with Gasteiger partial charge in [-0.1, -0.05) is 133 Å². The minimum atomic E-state index is 0.907. The molecule has 4 nitrogen and oxygen atoms in total. The van der Waals surface area contributed by atoms with Crippen molar-refractivity contribution < 1.29 is 8.83 Å². The lowest BCUT2D eigenvalue weighted by molar-refractivity contribution is 0.672. The second-order valence-electron chi connectivity index (χ2n) is 15.9. The Kier molecular flexibility index (Phi) is 5.14. The van der Waals surface area contributed by atoms with Gasteiger partial charge < -0.3 is 17.6 Å². The topological polar surface area (TPSA) is 35.1 Å². The molecule has 0 aliphatic carbocycles. The van der Waals surface area contributed by atoms with E-state index in [1.807, 2.05) is 0 Å². The van der Waals surface area contributed by atoms with E-state index in [4.69, 9.17) is 8.83 Å². The molecule has 0 unspecified atom stereocenters. The highest BCUT2D eigenvalue weighted by Crippen LogP contribution is 2.56. The Bertz CT molecular complexity index is 3960. The van der Waals surface area contributed by atoms with Crippen molar-refractivity contribution in [1.82, 2.24) is 8.80 Å². The van der Waals surface area contributed by atoms with Crippen LogP contribution in [0.5, 0.6) is 0 Å². The molecule has 0 amide bonds. The molecular weight excluding hydrogens is 709 g/mol. The summed E-state index contributed by atoms with van der Waals surface area (Å²) >= 11 is 0. The van der Waals surface area contributed by atoms with Crippen molar-refractivity contribution >= 4 is 120 Å². The summed E-state index contributed by atoms with van der Waals surface area (Å²) in [7, 11) is 0. The van der Waals surface area contributed by atoms with Gasteiger partial charge in [-0.05, 0) is 47.5 Å². The summed E-state index contributed by atoms with van der Waals surface area (Å²) < 4.78 is 18.8. The molecule has 0 saturated carbocycles. The molecular formula is C54H28N2O2. The van der Waals surface area contributed by atoms with Crippen molar-refractivity contribution in [3.63, 3.8) is 0 Å². The van der Waals surface area contributed by atoms with Crippen molar-refractivity contribution in [2.24, 2.45) is 0 Å². The lowest BCUT2D eigenvalue weighted by Crippen LogP contribution is -1.93. The maximum atomic E-state index is 6.84. The van der Waals surface area contributed by atoms with Crippen molar-refractivity contribution in [3.8, 4) is 22.3 Å². The maximum absolute atomic E-state index is 6.84. The zero-order chi connectivity index (χ0) is 37.4. The first-order valence-electron chi connectivity index (χ1n) is 19.9. The van der Waals surface area contributed by atoms with E-state index in [-0.39, 0.29) is 0 Å². The number of nitrogens with zero attached hydrogens (tertiary/aromatic N) is 2. The van der Waals surface area contributed by atoms with Crippen molar-refractivity contribution in [2.75, 3.05) is 0 Å². The van der Waals surface area contributed by atoms with E-state index in [1.165, 1.54) is 87.7 Å². The SMILES string of the molecule is c1ccc(-c2c3c4cc5c6ccccc6oc5c5c6ccccc6n(c3c(-c3ccccc3)c3c6cc7c8ccccc8oc7c7c8ccccc8n(c23)c67)c45)cc1. The van der Waals surface area contributed by atoms with E-state index in [1.54, 1.807) is 0 Å². The molecule has 4 heteroatoms. The van der Waals surface area contributed by atoms with Gasteiger partial charge in [0.15, 0.2) is 0 Å².